The van der Waals surface area contributed by atoms with Crippen LogP contribution >= 0.6 is 0 Å². The van der Waals surface area contributed by atoms with Gasteiger partial charge in [0.05, 0.1) is 11.0 Å². The minimum Gasteiger partial charge on any atom is -0.393 e. The summed E-state index contributed by atoms with van der Waals surface area (Å²) in [6.45, 7) is 4.10. The maximum atomic E-state index is 12.6. The molecule has 114 valence electrons. The van der Waals surface area contributed by atoms with Crippen molar-refractivity contribution in [2.75, 3.05) is 6.54 Å². The van der Waals surface area contributed by atoms with E-state index in [1.54, 1.807) is 18.7 Å². The number of amides is 1. The topological polar surface area (TPSA) is 83.7 Å². The summed E-state index contributed by atoms with van der Waals surface area (Å²) in [4.78, 5) is 24.7. The van der Waals surface area contributed by atoms with Gasteiger partial charge in [-0.25, -0.2) is 0 Å². The van der Waals surface area contributed by atoms with Crippen LogP contribution in [0.2, 0.25) is 0 Å². The summed E-state index contributed by atoms with van der Waals surface area (Å²) in [6.07, 6.45) is 1.94. The van der Waals surface area contributed by atoms with Gasteiger partial charge in [0.25, 0.3) is 11.6 Å². The lowest BCUT2D eigenvalue weighted by molar-refractivity contribution is -0.384. The van der Waals surface area contributed by atoms with Crippen LogP contribution in [-0.2, 0) is 0 Å². The first kappa shape index (κ1) is 15.4. The number of nitro benzene ring substituents is 1. The zero-order valence-corrected chi connectivity index (χ0v) is 12.3. The van der Waals surface area contributed by atoms with Gasteiger partial charge in [-0.3, -0.25) is 14.9 Å². The van der Waals surface area contributed by atoms with Crippen molar-refractivity contribution in [2.45, 2.75) is 45.3 Å². The Labute approximate surface area is 123 Å². The lowest BCUT2D eigenvalue weighted by Gasteiger charge is -2.26. The molecule has 21 heavy (non-hydrogen) atoms. The summed E-state index contributed by atoms with van der Waals surface area (Å²) in [5.74, 6) is -0.106. The first-order valence-electron chi connectivity index (χ1n) is 7.14. The zero-order chi connectivity index (χ0) is 15.6. The van der Waals surface area contributed by atoms with Gasteiger partial charge >= 0.3 is 0 Å². The number of likely N-dealkylation sites (tertiary alicyclic amines) is 1. The summed E-state index contributed by atoms with van der Waals surface area (Å²) in [6, 6.07) is 4.35. The van der Waals surface area contributed by atoms with E-state index in [1.165, 1.54) is 18.2 Å². The van der Waals surface area contributed by atoms with Crippen LogP contribution in [0.5, 0.6) is 0 Å². The van der Waals surface area contributed by atoms with Crippen LogP contribution < -0.4 is 0 Å². The maximum Gasteiger partial charge on any atom is 0.269 e. The van der Waals surface area contributed by atoms with Crippen molar-refractivity contribution in [1.82, 2.24) is 4.90 Å². The van der Waals surface area contributed by atoms with Crippen LogP contribution in [0.4, 0.5) is 5.69 Å². The van der Waals surface area contributed by atoms with E-state index in [4.69, 9.17) is 0 Å². The van der Waals surface area contributed by atoms with Gasteiger partial charge in [0.1, 0.15) is 0 Å². The first-order chi connectivity index (χ1) is 9.90. The Kier molecular flexibility index (Phi) is 4.57. The number of hydrogen-bond donors (Lipinski definition) is 1. The maximum absolute atomic E-state index is 12.6. The van der Waals surface area contributed by atoms with Crippen LogP contribution in [0.25, 0.3) is 0 Å². The quantitative estimate of drug-likeness (QED) is 0.681. The summed E-state index contributed by atoms with van der Waals surface area (Å²) < 4.78 is 0. The Morgan fingerprint density at radius 2 is 2.29 bits per heavy atom. The van der Waals surface area contributed by atoms with Crippen LogP contribution in [0, 0.1) is 17.0 Å². The van der Waals surface area contributed by atoms with E-state index in [0.717, 1.165) is 12.8 Å². The van der Waals surface area contributed by atoms with Gasteiger partial charge in [-0.05, 0) is 44.7 Å². The normalized spacial score (nSPS) is 19.6. The third-order valence-electron chi connectivity index (χ3n) is 3.90. The first-order valence-corrected chi connectivity index (χ1v) is 7.14. The highest BCUT2D eigenvalue weighted by Crippen LogP contribution is 2.26. The van der Waals surface area contributed by atoms with Crippen molar-refractivity contribution in [3.8, 4) is 0 Å². The van der Waals surface area contributed by atoms with Crippen LogP contribution in [0.3, 0.4) is 0 Å². The van der Waals surface area contributed by atoms with Gasteiger partial charge in [-0.1, -0.05) is 0 Å². The molecule has 1 fully saturated rings. The minimum absolute atomic E-state index is 0.00833. The van der Waals surface area contributed by atoms with E-state index in [-0.39, 0.29) is 17.6 Å². The Balaban J connectivity index is 2.21. The molecule has 1 saturated heterocycles. The lowest BCUT2D eigenvalue weighted by atomic mass is 10.0. The van der Waals surface area contributed by atoms with E-state index < -0.39 is 11.0 Å². The number of aryl methyl sites for hydroxylation is 1. The van der Waals surface area contributed by atoms with Crippen LogP contribution in [-0.4, -0.2) is 39.5 Å². The SMILES string of the molecule is Cc1cc([N+](=O)[O-])ccc1C(=O)N1CCCC1CC(C)O. The predicted molar refractivity (Wildman–Crippen MR) is 78.2 cm³/mol. The van der Waals surface area contributed by atoms with Gasteiger partial charge in [-0.15, -0.1) is 0 Å². The van der Waals surface area contributed by atoms with E-state index in [0.29, 0.717) is 24.1 Å². The van der Waals surface area contributed by atoms with Crippen LogP contribution in [0.1, 0.15) is 42.1 Å². The molecule has 0 aromatic heterocycles. The molecule has 0 spiro atoms. The molecule has 0 aliphatic carbocycles. The summed E-state index contributed by atoms with van der Waals surface area (Å²) in [5, 5.41) is 20.3. The van der Waals surface area contributed by atoms with Crippen molar-refractivity contribution >= 4 is 11.6 Å². The molecule has 2 atom stereocenters. The number of hydrogen-bond acceptors (Lipinski definition) is 4. The molecular formula is C15H20N2O4. The Morgan fingerprint density at radius 1 is 1.57 bits per heavy atom. The molecule has 6 nitrogen and oxygen atoms in total. The van der Waals surface area contributed by atoms with Gasteiger partial charge in [0.2, 0.25) is 0 Å². The van der Waals surface area contributed by atoms with E-state index in [9.17, 15) is 20.0 Å². The standard InChI is InChI=1S/C15H20N2O4/c1-10-8-13(17(20)21)5-6-14(10)15(19)16-7-3-4-12(16)9-11(2)18/h5-6,8,11-12,18H,3-4,7,9H2,1-2H3. The Hall–Kier alpha value is -1.95. The molecule has 1 heterocycles. The molecule has 1 aliphatic rings. The van der Waals surface area contributed by atoms with Gasteiger partial charge < -0.3 is 10.0 Å². The van der Waals surface area contributed by atoms with Crippen molar-refractivity contribution in [2.24, 2.45) is 0 Å². The molecule has 1 aromatic rings. The monoisotopic (exact) mass is 292 g/mol. The summed E-state index contributed by atoms with van der Waals surface area (Å²) >= 11 is 0. The molecular weight excluding hydrogens is 272 g/mol. The number of benzene rings is 1. The highest BCUT2D eigenvalue weighted by atomic mass is 16.6. The number of aliphatic hydroxyl groups excluding tert-OH is 1. The van der Waals surface area contributed by atoms with Crippen molar-refractivity contribution < 1.29 is 14.8 Å². The van der Waals surface area contributed by atoms with Crippen LogP contribution in [0.15, 0.2) is 18.2 Å². The van der Waals surface area contributed by atoms with Gasteiger partial charge in [0.15, 0.2) is 0 Å². The molecule has 6 heteroatoms. The van der Waals surface area contributed by atoms with Gasteiger partial charge in [0, 0.05) is 30.3 Å². The van der Waals surface area contributed by atoms with Crippen molar-refractivity contribution in [3.05, 3.63) is 39.4 Å². The molecule has 1 N–H and O–H groups in total. The van der Waals surface area contributed by atoms with E-state index >= 15 is 0 Å². The number of carbonyl (C=O) groups is 1. The molecule has 1 aromatic carbocycles. The van der Waals surface area contributed by atoms with E-state index in [1.807, 2.05) is 0 Å². The third-order valence-corrected chi connectivity index (χ3v) is 3.90. The fraction of sp³-hybridized carbons (Fsp3) is 0.533. The highest BCUT2D eigenvalue weighted by Gasteiger charge is 2.31. The summed E-state index contributed by atoms with van der Waals surface area (Å²) in [5.41, 5.74) is 1.10. The number of rotatable bonds is 4. The number of non-ortho nitro benzene ring substituents is 1. The smallest absolute Gasteiger partial charge is 0.269 e. The molecule has 1 amide bonds. The molecule has 0 bridgehead atoms. The molecule has 2 rings (SSSR count). The number of aliphatic hydroxyl groups is 1. The lowest BCUT2D eigenvalue weighted by Crippen LogP contribution is -2.37. The Morgan fingerprint density at radius 3 is 2.86 bits per heavy atom. The predicted octanol–water partition coefficient (Wildman–Crippen LogP) is 2.28. The number of carbonyl (C=O) groups excluding carboxylic acids is 1. The number of nitro groups is 1. The third kappa shape index (κ3) is 3.39. The second kappa shape index (κ2) is 6.22. The fourth-order valence-electron chi connectivity index (χ4n) is 2.90. The van der Waals surface area contributed by atoms with E-state index in [2.05, 4.69) is 0 Å². The minimum atomic E-state index is -0.465. The van der Waals surface area contributed by atoms with Crippen molar-refractivity contribution in [3.63, 3.8) is 0 Å². The second-order valence-corrected chi connectivity index (χ2v) is 5.64. The average molecular weight is 292 g/mol. The highest BCUT2D eigenvalue weighted by molar-refractivity contribution is 5.96. The Bertz CT molecular complexity index is 557. The average Bonchev–Trinajstić information content (AvgIpc) is 2.85. The van der Waals surface area contributed by atoms with Gasteiger partial charge in [-0.2, -0.15) is 0 Å². The molecule has 0 saturated carbocycles. The molecule has 1 aliphatic heterocycles. The zero-order valence-electron chi connectivity index (χ0n) is 12.3. The van der Waals surface area contributed by atoms with Crippen molar-refractivity contribution in [1.29, 1.82) is 0 Å². The second-order valence-electron chi connectivity index (χ2n) is 5.64. The fourth-order valence-corrected chi connectivity index (χ4v) is 2.90. The molecule has 2 unspecified atom stereocenters. The summed E-state index contributed by atoms with van der Waals surface area (Å²) in [7, 11) is 0. The number of nitrogens with zero attached hydrogens (tertiary/aromatic N) is 2. The largest absolute Gasteiger partial charge is 0.393 e. The molecule has 0 radical (unpaired) electrons.